The molecule has 3 nitrogen and oxygen atoms in total. The van der Waals surface area contributed by atoms with Crippen LogP contribution in [0.15, 0.2) is 95.8 Å². The molecule has 0 bridgehead atoms. The van der Waals surface area contributed by atoms with E-state index in [-0.39, 0.29) is 24.2 Å². The molecule has 0 aliphatic carbocycles. The molecule has 3 heterocycles. The van der Waals surface area contributed by atoms with Crippen molar-refractivity contribution in [3.05, 3.63) is 96.7 Å². The number of hydrogen-bond donors (Lipinski definition) is 0. The molecule has 0 radical (unpaired) electrons. The van der Waals surface area contributed by atoms with E-state index in [1.54, 1.807) is 11.8 Å². The third kappa shape index (κ3) is 2.14. The number of nitrogens with zero attached hydrogens (tertiary/aromatic N) is 3. The summed E-state index contributed by atoms with van der Waals surface area (Å²) in [6, 6.07) is 21.6. The highest BCUT2D eigenvalue weighted by molar-refractivity contribution is 7.98. The van der Waals surface area contributed by atoms with E-state index in [2.05, 4.69) is 22.8 Å². The van der Waals surface area contributed by atoms with Gasteiger partial charge in [0, 0.05) is 21.4 Å². The lowest BCUT2D eigenvalue weighted by molar-refractivity contribution is 0.941. The summed E-state index contributed by atoms with van der Waals surface area (Å²) < 4.78 is 37.9. The molecule has 0 N–H and O–H groups in total. The molecule has 0 fully saturated rings. The highest BCUT2D eigenvalue weighted by Gasteiger charge is 2.21. The predicted octanol–water partition coefficient (Wildman–Crippen LogP) is 6.73. The highest BCUT2D eigenvalue weighted by atomic mass is 32.2. The quantitative estimate of drug-likeness (QED) is 0.302. The first-order valence-corrected chi connectivity index (χ1v) is 10.8. The van der Waals surface area contributed by atoms with E-state index >= 15 is 0 Å². The van der Waals surface area contributed by atoms with Gasteiger partial charge in [0.2, 0.25) is 0 Å². The van der Waals surface area contributed by atoms with Crippen molar-refractivity contribution >= 4 is 44.6 Å². The van der Waals surface area contributed by atoms with Crippen LogP contribution in [0.3, 0.4) is 0 Å². The first-order chi connectivity index (χ1) is 16.5. The van der Waals surface area contributed by atoms with E-state index < -0.39 is 0 Å². The first-order valence-electron chi connectivity index (χ1n) is 11.8. The van der Waals surface area contributed by atoms with E-state index in [0.717, 1.165) is 49.8 Å². The normalized spacial score (nSPS) is 14.9. The number of aromatic nitrogens is 3. The van der Waals surface area contributed by atoms with Crippen LogP contribution in [0.25, 0.3) is 44.2 Å². The lowest BCUT2D eigenvalue weighted by atomic mass is 10.2. The molecule has 6 aromatic rings. The van der Waals surface area contributed by atoms with Crippen molar-refractivity contribution in [1.29, 1.82) is 0 Å². The molecule has 0 atom stereocenters. The van der Waals surface area contributed by atoms with E-state index in [4.69, 9.17) is 10.5 Å². The van der Waals surface area contributed by atoms with Gasteiger partial charge in [0.25, 0.3) is 0 Å². The van der Waals surface area contributed by atoms with Gasteiger partial charge in [-0.3, -0.25) is 4.57 Å². The Morgan fingerprint density at radius 3 is 2.60 bits per heavy atom. The molecule has 4 aromatic carbocycles. The van der Waals surface area contributed by atoms with Crippen molar-refractivity contribution in [2.24, 2.45) is 0 Å². The lowest BCUT2D eigenvalue weighted by Gasteiger charge is -2.20. The Bertz CT molecular complexity index is 1820. The summed E-state index contributed by atoms with van der Waals surface area (Å²) in [7, 11) is 0. The van der Waals surface area contributed by atoms with Crippen LogP contribution in [0.2, 0.25) is 0 Å². The summed E-state index contributed by atoms with van der Waals surface area (Å²) in [5.41, 5.74) is 5.37. The van der Waals surface area contributed by atoms with Gasteiger partial charge in [0.15, 0.2) is 0 Å². The zero-order valence-corrected chi connectivity index (χ0v) is 16.6. The zero-order valence-electron chi connectivity index (χ0n) is 19.8. The van der Waals surface area contributed by atoms with E-state index in [1.807, 2.05) is 53.1 Å². The van der Waals surface area contributed by atoms with Crippen molar-refractivity contribution in [1.82, 2.24) is 14.1 Å². The molecule has 0 unspecified atom stereocenters. The van der Waals surface area contributed by atoms with Crippen LogP contribution < -0.4 is 0 Å². The number of rotatable bonds is 1. The second kappa shape index (κ2) is 6.00. The average Bonchev–Trinajstić information content (AvgIpc) is 3.42. The molecule has 0 saturated carbocycles. The maximum Gasteiger partial charge on any atom is 0.124 e. The van der Waals surface area contributed by atoms with Crippen LogP contribution in [0.5, 0.6) is 0 Å². The molecule has 0 saturated heterocycles. The summed E-state index contributed by atoms with van der Waals surface area (Å²) in [6.45, 7) is 0. The zero-order chi connectivity index (χ0) is 23.1. The fourth-order valence-corrected chi connectivity index (χ4v) is 5.45. The van der Waals surface area contributed by atoms with Gasteiger partial charge in [-0.15, -0.1) is 11.8 Å². The van der Waals surface area contributed by atoms with Crippen LogP contribution in [0.1, 0.15) is 11.3 Å². The van der Waals surface area contributed by atoms with Gasteiger partial charge >= 0.3 is 0 Å². The number of thioether (sulfide) groups is 1. The molecule has 30 heavy (non-hydrogen) atoms. The van der Waals surface area contributed by atoms with Crippen LogP contribution in [-0.4, -0.2) is 14.1 Å². The topological polar surface area (TPSA) is 22.8 Å². The Morgan fingerprint density at radius 1 is 0.800 bits per heavy atom. The van der Waals surface area contributed by atoms with Crippen molar-refractivity contribution in [2.45, 2.75) is 10.6 Å². The molecule has 2 aromatic heterocycles. The molecule has 1 aliphatic rings. The lowest BCUT2D eigenvalue weighted by Crippen LogP contribution is -2.07. The van der Waals surface area contributed by atoms with Gasteiger partial charge in [-0.2, -0.15) is 0 Å². The number of hydrogen-bond acceptors (Lipinski definition) is 2. The standard InChI is InChI=1S/C26H17N3S/c1-4-10-21-18(7-1)19-8-2-5-11-22(19)28(21)17-13-14-24-25(15-17)30-16-26-27-20-9-3-6-12-23(20)29(24)26/h1-15H,16H2/i1D,4D,7D,10D. The van der Waals surface area contributed by atoms with Gasteiger partial charge < -0.3 is 4.57 Å². The maximum absolute atomic E-state index is 8.67. The first kappa shape index (κ1) is 12.9. The van der Waals surface area contributed by atoms with Gasteiger partial charge in [-0.1, -0.05) is 48.5 Å². The van der Waals surface area contributed by atoms with E-state index in [0.29, 0.717) is 10.9 Å². The number of fused-ring (bicyclic) bond motifs is 8. The molecule has 0 amide bonds. The third-order valence-electron chi connectivity index (χ3n) is 5.74. The SMILES string of the molecule is [2H]c1c([2H])c([2H])c2c(c1[2H])c1ccccc1n2-c1ccc2c(c1)SCc1nc3ccccc3n1-2. The van der Waals surface area contributed by atoms with Crippen LogP contribution in [0.4, 0.5) is 0 Å². The molecule has 1 aliphatic heterocycles. The summed E-state index contributed by atoms with van der Waals surface area (Å²) in [4.78, 5) is 5.91. The molecular weight excluding hydrogens is 386 g/mol. The van der Waals surface area contributed by atoms with E-state index in [1.165, 1.54) is 0 Å². The fraction of sp³-hybridized carbons (Fsp3) is 0.0385. The largest absolute Gasteiger partial charge is 0.309 e. The predicted molar refractivity (Wildman–Crippen MR) is 125 cm³/mol. The maximum atomic E-state index is 8.67. The summed E-state index contributed by atoms with van der Waals surface area (Å²) in [5.74, 6) is 1.79. The molecule has 0 spiro atoms. The van der Waals surface area contributed by atoms with Crippen molar-refractivity contribution < 1.29 is 5.48 Å². The Labute approximate surface area is 183 Å². The van der Waals surface area contributed by atoms with Gasteiger partial charge in [0.05, 0.1) is 39.0 Å². The number of benzene rings is 4. The van der Waals surface area contributed by atoms with Crippen LogP contribution >= 0.6 is 11.8 Å². The minimum absolute atomic E-state index is 0.00666. The third-order valence-corrected chi connectivity index (χ3v) is 6.78. The Balaban J connectivity index is 1.54. The number of para-hydroxylation sites is 4. The molecule has 142 valence electrons. The summed E-state index contributed by atoms with van der Waals surface area (Å²) >= 11 is 1.73. The fourth-order valence-electron chi connectivity index (χ4n) is 4.46. The van der Waals surface area contributed by atoms with E-state index in [9.17, 15) is 0 Å². The highest BCUT2D eigenvalue weighted by Crippen LogP contribution is 2.40. The summed E-state index contributed by atoms with van der Waals surface area (Å²) in [5, 5.41) is 1.37. The molecule has 4 heteroatoms. The molecule has 7 rings (SSSR count). The van der Waals surface area contributed by atoms with Crippen molar-refractivity contribution in [3.8, 4) is 11.4 Å². The van der Waals surface area contributed by atoms with Crippen molar-refractivity contribution in [2.75, 3.05) is 0 Å². The summed E-state index contributed by atoms with van der Waals surface area (Å²) in [6.07, 6.45) is 0. The van der Waals surface area contributed by atoms with Crippen LogP contribution in [0, 0.1) is 0 Å². The Morgan fingerprint density at radius 2 is 1.63 bits per heavy atom. The Kier molecular flexibility index (Phi) is 2.59. The minimum atomic E-state index is -0.219. The minimum Gasteiger partial charge on any atom is -0.309 e. The second-order valence-corrected chi connectivity index (χ2v) is 8.39. The smallest absolute Gasteiger partial charge is 0.124 e. The average molecular weight is 408 g/mol. The monoisotopic (exact) mass is 407 g/mol. The molecular formula is C26H17N3S. The van der Waals surface area contributed by atoms with Gasteiger partial charge in [-0.25, -0.2) is 4.98 Å². The second-order valence-electron chi connectivity index (χ2n) is 7.37. The van der Waals surface area contributed by atoms with Gasteiger partial charge in [-0.05, 0) is 42.4 Å². The van der Waals surface area contributed by atoms with Crippen LogP contribution in [-0.2, 0) is 5.75 Å². The van der Waals surface area contributed by atoms with Crippen molar-refractivity contribution in [3.63, 3.8) is 0 Å². The number of imidazole rings is 1. The van der Waals surface area contributed by atoms with Gasteiger partial charge in [0.1, 0.15) is 5.82 Å². The Hall–Kier alpha value is -3.50.